The summed E-state index contributed by atoms with van der Waals surface area (Å²) in [5.41, 5.74) is 1.36. The molecular weight excluding hydrogens is 288 g/mol. The molecule has 0 spiro atoms. The third-order valence-electron chi connectivity index (χ3n) is 3.07. The lowest BCUT2D eigenvalue weighted by Gasteiger charge is -2.12. The molecule has 0 aliphatic carbocycles. The molecule has 0 radical (unpaired) electrons. The summed E-state index contributed by atoms with van der Waals surface area (Å²) in [5.74, 6) is -0.390. The van der Waals surface area contributed by atoms with Crippen LogP contribution in [0, 0.1) is 18.6 Å². The van der Waals surface area contributed by atoms with Crippen LogP contribution in [0.5, 0.6) is 0 Å². The van der Waals surface area contributed by atoms with Gasteiger partial charge in [-0.1, -0.05) is 0 Å². The topological polar surface area (TPSA) is 54.2 Å². The molecule has 7 heteroatoms. The van der Waals surface area contributed by atoms with Gasteiger partial charge in [0.25, 0.3) is 0 Å². The highest BCUT2D eigenvalue weighted by molar-refractivity contribution is 5.79. The third kappa shape index (κ3) is 4.54. The average Bonchev–Trinajstić information content (AvgIpc) is 2.91. The van der Waals surface area contributed by atoms with Gasteiger partial charge >= 0.3 is 0 Å². The van der Waals surface area contributed by atoms with Crippen LogP contribution in [-0.4, -0.2) is 29.3 Å². The number of aromatic nitrogens is 2. The van der Waals surface area contributed by atoms with Gasteiger partial charge in [0.15, 0.2) is 5.96 Å². The highest BCUT2D eigenvalue weighted by Crippen LogP contribution is 2.08. The van der Waals surface area contributed by atoms with E-state index in [2.05, 4.69) is 20.7 Å². The van der Waals surface area contributed by atoms with Crippen molar-refractivity contribution < 1.29 is 8.78 Å². The van der Waals surface area contributed by atoms with Crippen LogP contribution in [0.25, 0.3) is 0 Å². The number of nitrogens with zero attached hydrogens (tertiary/aromatic N) is 3. The summed E-state index contributed by atoms with van der Waals surface area (Å²) < 4.78 is 28.4. The first-order chi connectivity index (χ1) is 10.6. The van der Waals surface area contributed by atoms with Crippen LogP contribution in [0.2, 0.25) is 0 Å². The zero-order valence-electron chi connectivity index (χ0n) is 12.6. The Hall–Kier alpha value is -2.44. The molecule has 0 fully saturated rings. The number of nitrogens with one attached hydrogen (secondary N) is 2. The maximum atomic E-state index is 13.5. The predicted octanol–water partition coefficient (Wildman–Crippen LogP) is 1.83. The summed E-state index contributed by atoms with van der Waals surface area (Å²) in [5, 5.41) is 10.2. The Bertz CT molecular complexity index is 651. The zero-order chi connectivity index (χ0) is 15.9. The van der Waals surface area contributed by atoms with Gasteiger partial charge < -0.3 is 10.6 Å². The molecule has 22 heavy (non-hydrogen) atoms. The molecule has 1 aromatic carbocycles. The van der Waals surface area contributed by atoms with Crippen LogP contribution in [0.15, 0.2) is 35.6 Å². The lowest BCUT2D eigenvalue weighted by atomic mass is 10.2. The minimum absolute atomic E-state index is 0.157. The molecule has 0 unspecified atom stereocenters. The first kappa shape index (κ1) is 15.9. The third-order valence-corrected chi connectivity index (χ3v) is 3.07. The van der Waals surface area contributed by atoms with Crippen molar-refractivity contribution in [3.05, 3.63) is 53.4 Å². The summed E-state index contributed by atoms with van der Waals surface area (Å²) >= 11 is 0. The molecule has 0 aliphatic heterocycles. The monoisotopic (exact) mass is 307 g/mol. The van der Waals surface area contributed by atoms with E-state index in [0.717, 1.165) is 17.7 Å². The van der Waals surface area contributed by atoms with Crippen molar-refractivity contribution in [1.82, 2.24) is 20.4 Å². The molecule has 2 aromatic rings. The normalized spacial score (nSPS) is 11.5. The zero-order valence-corrected chi connectivity index (χ0v) is 12.6. The van der Waals surface area contributed by atoms with Crippen LogP contribution in [-0.2, 0) is 13.1 Å². The first-order valence-corrected chi connectivity index (χ1v) is 6.96. The van der Waals surface area contributed by atoms with Crippen molar-refractivity contribution in [2.45, 2.75) is 20.0 Å². The molecule has 2 N–H and O–H groups in total. The molecule has 1 aromatic heterocycles. The summed E-state index contributed by atoms with van der Waals surface area (Å²) in [6, 6.07) is 3.38. The lowest BCUT2D eigenvalue weighted by Crippen LogP contribution is -2.38. The predicted molar refractivity (Wildman–Crippen MR) is 81.5 cm³/mol. The molecule has 2 rings (SSSR count). The van der Waals surface area contributed by atoms with Gasteiger partial charge in [-0.3, -0.25) is 9.67 Å². The first-order valence-electron chi connectivity index (χ1n) is 6.96. The van der Waals surface area contributed by atoms with Gasteiger partial charge in [0, 0.05) is 31.9 Å². The van der Waals surface area contributed by atoms with Crippen LogP contribution in [0.1, 0.15) is 11.1 Å². The van der Waals surface area contributed by atoms with E-state index in [9.17, 15) is 8.78 Å². The van der Waals surface area contributed by atoms with Crippen LogP contribution >= 0.6 is 0 Å². The molecule has 0 saturated heterocycles. The van der Waals surface area contributed by atoms with E-state index < -0.39 is 11.6 Å². The fourth-order valence-electron chi connectivity index (χ4n) is 1.96. The van der Waals surface area contributed by atoms with E-state index in [4.69, 9.17) is 0 Å². The Labute approximate surface area is 128 Å². The number of hydrogen-bond donors (Lipinski definition) is 2. The number of hydrogen-bond acceptors (Lipinski definition) is 2. The van der Waals surface area contributed by atoms with Crippen molar-refractivity contribution in [3.63, 3.8) is 0 Å². The molecule has 0 amide bonds. The molecule has 0 bridgehead atoms. The van der Waals surface area contributed by atoms with Gasteiger partial charge in [0.2, 0.25) is 0 Å². The number of benzene rings is 1. The van der Waals surface area contributed by atoms with E-state index in [1.54, 1.807) is 13.2 Å². The van der Waals surface area contributed by atoms with E-state index in [1.165, 1.54) is 6.07 Å². The Kier molecular flexibility index (Phi) is 5.46. The highest BCUT2D eigenvalue weighted by atomic mass is 19.1. The maximum absolute atomic E-state index is 13.5. The molecule has 1 heterocycles. The van der Waals surface area contributed by atoms with E-state index in [1.807, 2.05) is 17.8 Å². The number of aliphatic imine (C=N–C) groups is 1. The van der Waals surface area contributed by atoms with Crippen molar-refractivity contribution in [3.8, 4) is 0 Å². The quantitative estimate of drug-likeness (QED) is 0.654. The van der Waals surface area contributed by atoms with Gasteiger partial charge in [-0.15, -0.1) is 0 Å². The fourth-order valence-corrected chi connectivity index (χ4v) is 1.96. The van der Waals surface area contributed by atoms with Crippen molar-refractivity contribution in [2.75, 3.05) is 13.6 Å². The summed E-state index contributed by atoms with van der Waals surface area (Å²) in [6.45, 7) is 3.43. The van der Waals surface area contributed by atoms with Gasteiger partial charge in [-0.05, 0) is 30.7 Å². The second-order valence-electron chi connectivity index (χ2n) is 4.87. The Balaban J connectivity index is 1.81. The number of aryl methyl sites for hydroxylation is 1. The molecular formula is C15H19F2N5. The standard InChI is InChI=1S/C15H19F2N5/c1-11-8-21-22(10-11)6-5-19-15(18-2)20-9-12-7-13(16)3-4-14(12)17/h3-4,7-8,10H,5-6,9H2,1-2H3,(H2,18,19,20). The number of rotatable bonds is 5. The van der Waals surface area contributed by atoms with E-state index >= 15 is 0 Å². The average molecular weight is 307 g/mol. The number of halogens is 2. The highest BCUT2D eigenvalue weighted by Gasteiger charge is 2.05. The largest absolute Gasteiger partial charge is 0.355 e. The van der Waals surface area contributed by atoms with Crippen LogP contribution in [0.3, 0.4) is 0 Å². The second-order valence-corrected chi connectivity index (χ2v) is 4.87. The van der Waals surface area contributed by atoms with Crippen LogP contribution < -0.4 is 10.6 Å². The molecule has 0 aliphatic rings. The van der Waals surface area contributed by atoms with Gasteiger partial charge in [0.1, 0.15) is 11.6 Å². The van der Waals surface area contributed by atoms with Gasteiger partial charge in [0.05, 0.1) is 12.7 Å². The maximum Gasteiger partial charge on any atom is 0.191 e. The SMILES string of the molecule is CN=C(NCCn1cc(C)cn1)NCc1cc(F)ccc1F. The lowest BCUT2D eigenvalue weighted by molar-refractivity contribution is 0.578. The smallest absolute Gasteiger partial charge is 0.191 e. The Morgan fingerprint density at radius 3 is 2.82 bits per heavy atom. The van der Waals surface area contributed by atoms with Crippen LogP contribution in [0.4, 0.5) is 8.78 Å². The summed E-state index contributed by atoms with van der Waals surface area (Å²) in [7, 11) is 1.62. The summed E-state index contributed by atoms with van der Waals surface area (Å²) in [4.78, 5) is 4.04. The number of guanidine groups is 1. The van der Waals surface area contributed by atoms with Gasteiger partial charge in [-0.2, -0.15) is 5.10 Å². The van der Waals surface area contributed by atoms with E-state index in [-0.39, 0.29) is 12.1 Å². The van der Waals surface area contributed by atoms with E-state index in [0.29, 0.717) is 19.0 Å². The fraction of sp³-hybridized carbons (Fsp3) is 0.333. The minimum Gasteiger partial charge on any atom is -0.355 e. The van der Waals surface area contributed by atoms with Crippen molar-refractivity contribution in [2.24, 2.45) is 4.99 Å². The second kappa shape index (κ2) is 7.53. The molecule has 0 saturated carbocycles. The molecule has 0 atom stereocenters. The Morgan fingerprint density at radius 2 is 2.14 bits per heavy atom. The van der Waals surface area contributed by atoms with Gasteiger partial charge in [-0.25, -0.2) is 8.78 Å². The molecule has 5 nitrogen and oxygen atoms in total. The molecule has 118 valence electrons. The summed E-state index contributed by atoms with van der Waals surface area (Å²) in [6.07, 6.45) is 3.74. The van der Waals surface area contributed by atoms with Crippen molar-refractivity contribution in [1.29, 1.82) is 0 Å². The Morgan fingerprint density at radius 1 is 1.32 bits per heavy atom. The van der Waals surface area contributed by atoms with Crippen molar-refractivity contribution >= 4 is 5.96 Å². The minimum atomic E-state index is -0.463.